The number of nitrogens with zero attached hydrogens (tertiary/aromatic N) is 3. The Balaban J connectivity index is 0.859. The Labute approximate surface area is 330 Å². The number of ether oxygens (including phenoxy) is 1. The van der Waals surface area contributed by atoms with Gasteiger partial charge in [0, 0.05) is 38.5 Å². The molecule has 4 heterocycles. The number of amides is 8. The van der Waals surface area contributed by atoms with Crippen LogP contribution in [0.2, 0.25) is 10.0 Å². The first-order chi connectivity index (χ1) is 26.9. The fourth-order valence-corrected chi connectivity index (χ4v) is 7.32. The highest BCUT2D eigenvalue weighted by Crippen LogP contribution is 2.33. The van der Waals surface area contributed by atoms with E-state index in [1.165, 1.54) is 36.5 Å². The number of piperidine rings is 2. The predicted octanol–water partition coefficient (Wildman–Crippen LogP) is 2.85. The third-order valence-electron chi connectivity index (χ3n) is 9.67. The van der Waals surface area contributed by atoms with E-state index in [-0.39, 0.29) is 68.7 Å². The van der Waals surface area contributed by atoms with Crippen molar-refractivity contribution in [2.75, 3.05) is 31.6 Å². The summed E-state index contributed by atoms with van der Waals surface area (Å²) in [6.07, 6.45) is 4.68. The highest BCUT2D eigenvalue weighted by molar-refractivity contribution is 6.40. The zero-order valence-corrected chi connectivity index (χ0v) is 31.5. The summed E-state index contributed by atoms with van der Waals surface area (Å²) in [7, 11) is 0. The summed E-state index contributed by atoms with van der Waals surface area (Å²) in [6, 6.07) is 7.77. The summed E-state index contributed by atoms with van der Waals surface area (Å²) >= 11 is 12.3. The van der Waals surface area contributed by atoms with E-state index in [1.807, 2.05) is 0 Å². The Kier molecular flexibility index (Phi) is 12.6. The maximum atomic E-state index is 13.2. The number of hydrogen-bond acceptors (Lipinski definition) is 10. The van der Waals surface area contributed by atoms with Gasteiger partial charge in [-0.15, -0.1) is 0 Å². The number of carbonyl (C=O) groups excluding carboxylic acids is 8. The molecule has 19 heteroatoms. The van der Waals surface area contributed by atoms with Crippen LogP contribution in [0.4, 0.5) is 5.69 Å². The maximum Gasteiger partial charge on any atom is 0.271 e. The van der Waals surface area contributed by atoms with Gasteiger partial charge in [0.15, 0.2) is 6.61 Å². The van der Waals surface area contributed by atoms with Crippen LogP contribution in [-0.4, -0.2) is 106 Å². The lowest BCUT2D eigenvalue weighted by atomic mass is 10.0. The van der Waals surface area contributed by atoms with Gasteiger partial charge in [-0.3, -0.25) is 53.7 Å². The van der Waals surface area contributed by atoms with E-state index in [0.29, 0.717) is 58.2 Å². The molecule has 1 unspecified atom stereocenters. The van der Waals surface area contributed by atoms with Gasteiger partial charge in [0.05, 0.1) is 38.6 Å². The van der Waals surface area contributed by atoms with E-state index < -0.39 is 54.0 Å². The van der Waals surface area contributed by atoms with Crippen LogP contribution in [0, 0.1) is 0 Å². The standard InChI is InChI=1S/C37H38Cl2N8O9/c38-22-7-5-8-23(39)31(22)34(52)43-24-18-41-45-32(24)35(53)42-20-13-16-46(17-14-20)29(50)10-2-1-3-15-40-28(49)19-56-26-9-4-6-21-30(26)37(55)47(36(21)54)25-11-12-27(48)44-33(25)51/h4-9,18,20,25H,1-3,10-17,19H2,(H,40,49)(H,41,45)(H,42,53)(H,43,52)(H,44,48,51). The summed E-state index contributed by atoms with van der Waals surface area (Å²) in [6.45, 7) is 0.863. The molecule has 0 bridgehead atoms. The second-order valence-electron chi connectivity index (χ2n) is 13.4. The average molecular weight is 810 g/mol. The van der Waals surface area contributed by atoms with Crippen molar-refractivity contribution in [2.24, 2.45) is 0 Å². The molecule has 0 saturated carbocycles. The number of aromatic amines is 1. The Morgan fingerprint density at radius 1 is 0.893 bits per heavy atom. The normalized spacial score (nSPS) is 17.0. The van der Waals surface area contributed by atoms with Crippen molar-refractivity contribution in [3.05, 3.63) is 75.0 Å². The second kappa shape index (κ2) is 17.8. The number of imide groups is 2. The quantitative estimate of drug-likeness (QED) is 0.118. The van der Waals surface area contributed by atoms with Crippen molar-refractivity contribution in [3.8, 4) is 5.75 Å². The fourth-order valence-electron chi connectivity index (χ4n) is 6.75. The molecule has 3 aliphatic rings. The van der Waals surface area contributed by atoms with Crippen LogP contribution in [0.3, 0.4) is 0 Å². The van der Waals surface area contributed by atoms with Crippen molar-refractivity contribution < 1.29 is 43.1 Å². The van der Waals surface area contributed by atoms with Crippen LogP contribution in [0.5, 0.6) is 5.75 Å². The molecule has 6 rings (SSSR count). The minimum absolute atomic E-state index is 0.00334. The first-order valence-electron chi connectivity index (χ1n) is 18.0. The molecule has 3 aliphatic heterocycles. The van der Waals surface area contributed by atoms with Crippen LogP contribution in [0.25, 0.3) is 0 Å². The van der Waals surface area contributed by atoms with E-state index >= 15 is 0 Å². The molecule has 2 aromatic carbocycles. The summed E-state index contributed by atoms with van der Waals surface area (Å²) in [5, 5.41) is 17.3. The number of anilines is 1. The SMILES string of the molecule is O=C(COc1cccc2c1C(=O)N(C1CCC(=O)NC1=O)C2=O)NCCCCCC(=O)N1CCC(NC(=O)c2[nH]ncc2NC(=O)c2c(Cl)cccc2Cl)CC1. The molecule has 2 saturated heterocycles. The molecule has 56 heavy (non-hydrogen) atoms. The molecule has 17 nitrogen and oxygen atoms in total. The molecule has 0 aliphatic carbocycles. The molecule has 1 aromatic heterocycles. The number of unbranched alkanes of at least 4 members (excludes halogenated alkanes) is 2. The summed E-state index contributed by atoms with van der Waals surface area (Å²) in [4.78, 5) is 104. The summed E-state index contributed by atoms with van der Waals surface area (Å²) in [5.41, 5.74) is 0.314. The first-order valence-corrected chi connectivity index (χ1v) is 18.8. The maximum absolute atomic E-state index is 13.2. The Morgan fingerprint density at radius 2 is 1.62 bits per heavy atom. The van der Waals surface area contributed by atoms with Gasteiger partial charge in [0.25, 0.3) is 29.5 Å². The lowest BCUT2D eigenvalue weighted by Gasteiger charge is -2.32. The number of fused-ring (bicyclic) bond motifs is 1. The van der Waals surface area contributed by atoms with E-state index in [4.69, 9.17) is 27.9 Å². The minimum Gasteiger partial charge on any atom is -0.483 e. The van der Waals surface area contributed by atoms with Crippen LogP contribution in [-0.2, 0) is 19.2 Å². The monoisotopic (exact) mass is 808 g/mol. The molecule has 1 atom stereocenters. The van der Waals surface area contributed by atoms with Crippen molar-refractivity contribution in [3.63, 3.8) is 0 Å². The smallest absolute Gasteiger partial charge is 0.271 e. The van der Waals surface area contributed by atoms with Crippen molar-refractivity contribution >= 4 is 76.1 Å². The Hall–Kier alpha value is -5.81. The van der Waals surface area contributed by atoms with Crippen molar-refractivity contribution in [1.29, 1.82) is 0 Å². The average Bonchev–Trinajstić information content (AvgIpc) is 3.73. The zero-order chi connectivity index (χ0) is 39.9. The molecular formula is C37H38Cl2N8O9. The Morgan fingerprint density at radius 3 is 2.36 bits per heavy atom. The van der Waals surface area contributed by atoms with Gasteiger partial charge in [-0.1, -0.05) is 41.8 Å². The van der Waals surface area contributed by atoms with Gasteiger partial charge >= 0.3 is 0 Å². The van der Waals surface area contributed by atoms with Gasteiger partial charge in [-0.25, -0.2) is 0 Å². The third-order valence-corrected chi connectivity index (χ3v) is 10.3. The number of nitrogens with one attached hydrogen (secondary N) is 5. The molecule has 0 spiro atoms. The summed E-state index contributed by atoms with van der Waals surface area (Å²) < 4.78 is 5.61. The number of aromatic nitrogens is 2. The number of likely N-dealkylation sites (tertiary alicyclic amines) is 1. The van der Waals surface area contributed by atoms with E-state index in [1.54, 1.807) is 11.0 Å². The van der Waals surface area contributed by atoms with Gasteiger partial charge < -0.3 is 25.6 Å². The van der Waals surface area contributed by atoms with E-state index in [9.17, 15) is 38.4 Å². The predicted molar refractivity (Wildman–Crippen MR) is 200 cm³/mol. The number of rotatable bonds is 14. The lowest BCUT2D eigenvalue weighted by Crippen LogP contribution is -2.54. The first kappa shape index (κ1) is 39.9. The molecule has 294 valence electrons. The second-order valence-corrected chi connectivity index (χ2v) is 14.2. The van der Waals surface area contributed by atoms with Crippen LogP contribution >= 0.6 is 23.2 Å². The molecule has 2 fully saturated rings. The van der Waals surface area contributed by atoms with Crippen molar-refractivity contribution in [1.82, 2.24) is 35.9 Å². The zero-order valence-electron chi connectivity index (χ0n) is 30.0. The van der Waals surface area contributed by atoms with Crippen LogP contribution in [0.1, 0.15) is 92.9 Å². The van der Waals surface area contributed by atoms with Gasteiger partial charge in [-0.05, 0) is 56.4 Å². The number of H-pyrrole nitrogens is 1. The third kappa shape index (κ3) is 9.00. The van der Waals surface area contributed by atoms with Crippen LogP contribution < -0.4 is 26.0 Å². The van der Waals surface area contributed by atoms with E-state index in [0.717, 1.165) is 4.90 Å². The largest absolute Gasteiger partial charge is 0.483 e. The molecule has 3 aromatic rings. The molecule has 8 amide bonds. The van der Waals surface area contributed by atoms with Gasteiger partial charge in [-0.2, -0.15) is 5.10 Å². The van der Waals surface area contributed by atoms with E-state index in [2.05, 4.69) is 31.5 Å². The summed E-state index contributed by atoms with van der Waals surface area (Å²) in [5.74, 6) is -4.05. The van der Waals surface area contributed by atoms with Crippen LogP contribution in [0.15, 0.2) is 42.6 Å². The van der Waals surface area contributed by atoms with Crippen molar-refractivity contribution in [2.45, 2.75) is 63.5 Å². The molecular weight excluding hydrogens is 771 g/mol. The number of benzene rings is 2. The Bertz CT molecular complexity index is 2060. The topological polar surface area (TPSA) is 229 Å². The minimum atomic E-state index is -1.12. The number of carbonyl (C=O) groups is 8. The fraction of sp³-hybridized carbons (Fsp3) is 0.378. The lowest BCUT2D eigenvalue weighted by molar-refractivity contribution is -0.136. The van der Waals surface area contributed by atoms with Gasteiger partial charge in [0.1, 0.15) is 17.5 Å². The number of halogens is 2. The highest BCUT2D eigenvalue weighted by Gasteiger charge is 2.46. The molecule has 0 radical (unpaired) electrons. The number of hydrogen-bond donors (Lipinski definition) is 5. The highest BCUT2D eigenvalue weighted by atomic mass is 35.5. The van der Waals surface area contributed by atoms with Gasteiger partial charge in [0.2, 0.25) is 17.7 Å². The molecule has 5 N–H and O–H groups in total.